The molecule has 6 aliphatic rings. The average Bonchev–Trinajstić information content (AvgIpc) is 3.83. The highest BCUT2D eigenvalue weighted by Gasteiger charge is 2.50. The van der Waals surface area contributed by atoms with Gasteiger partial charge in [0.15, 0.2) is 11.5 Å². The van der Waals surface area contributed by atoms with Gasteiger partial charge in [-0.3, -0.25) is 9.59 Å². The first-order valence-electron chi connectivity index (χ1n) is 21.1. The minimum atomic E-state index is -0.833. The fourth-order valence-electron chi connectivity index (χ4n) is 9.87. The number of amides is 2. The molecule has 1 unspecified atom stereocenters. The number of hydrogen-bond acceptors (Lipinski definition) is 12. The minimum absolute atomic E-state index is 0.0181. The summed E-state index contributed by atoms with van der Waals surface area (Å²) in [6.07, 6.45) is 5.24. The Bertz CT molecular complexity index is 2800. The molecule has 5 atom stereocenters. The van der Waals surface area contributed by atoms with Gasteiger partial charge in [0.2, 0.25) is 17.8 Å². The zero-order valence-corrected chi connectivity index (χ0v) is 34.3. The molecule has 2 aromatic carbocycles. The van der Waals surface area contributed by atoms with Gasteiger partial charge in [0.05, 0.1) is 53.5 Å². The average molecular weight is 849 g/mol. The molecule has 0 spiro atoms. The first-order chi connectivity index (χ1) is 30.0. The highest BCUT2D eigenvalue weighted by atomic mass is 19.1. The lowest BCUT2D eigenvalue weighted by Gasteiger charge is -2.47. The first-order valence-corrected chi connectivity index (χ1v) is 21.1. The minimum Gasteiger partial charge on any atom is -0.458 e. The van der Waals surface area contributed by atoms with Gasteiger partial charge in [-0.1, -0.05) is 0 Å². The Morgan fingerprint density at radius 3 is 2.55 bits per heavy atom. The van der Waals surface area contributed by atoms with Gasteiger partial charge in [-0.15, -0.1) is 0 Å². The Morgan fingerprint density at radius 2 is 1.74 bits per heavy atom. The molecular weight excluding hydrogens is 806 g/mol. The second-order valence-corrected chi connectivity index (χ2v) is 16.9. The van der Waals surface area contributed by atoms with Crippen LogP contribution in [0.1, 0.15) is 44.9 Å². The lowest BCUT2D eigenvalue weighted by Crippen LogP contribution is -2.58. The summed E-state index contributed by atoms with van der Waals surface area (Å²) >= 11 is 0. The monoisotopic (exact) mass is 848 g/mol. The van der Waals surface area contributed by atoms with Crippen LogP contribution in [0.5, 0.6) is 6.01 Å². The van der Waals surface area contributed by atoms with Crippen molar-refractivity contribution in [1.29, 1.82) is 0 Å². The van der Waals surface area contributed by atoms with E-state index in [1.165, 1.54) is 29.1 Å². The molecule has 19 heteroatoms. The molecule has 0 radical (unpaired) electrons. The van der Waals surface area contributed by atoms with Crippen LogP contribution in [0.25, 0.3) is 39.0 Å². The quantitative estimate of drug-likeness (QED) is 0.231. The Hall–Kier alpha value is -6.37. The SMILES string of the molecule is CCO[C@H]1CN(C)C(=O)[C@@H]2C[C@@H](CN2c2nc(N3C4C[C@H]3CC(=O)N(C3CC3)C4)nc3c2cnn3-c2ccc(F)cc2F)Oc2nccc(n2)-c2cc(F)cc3nc(C)n(c23)C1. The molecule has 5 fully saturated rings. The van der Waals surface area contributed by atoms with E-state index in [0.29, 0.717) is 71.4 Å². The maximum atomic E-state index is 15.5. The van der Waals surface area contributed by atoms with Crippen molar-refractivity contribution in [3.63, 3.8) is 0 Å². The third kappa shape index (κ3) is 6.46. The van der Waals surface area contributed by atoms with E-state index in [-0.39, 0.29) is 66.8 Å². The number of fused-ring (bicyclic) bond motifs is 9. The van der Waals surface area contributed by atoms with Crippen molar-refractivity contribution in [2.75, 3.05) is 43.1 Å². The first kappa shape index (κ1) is 38.5. The summed E-state index contributed by atoms with van der Waals surface area (Å²) in [6, 6.07) is 7.01. The molecule has 12 rings (SSSR count). The van der Waals surface area contributed by atoms with Crippen LogP contribution < -0.4 is 14.5 Å². The van der Waals surface area contributed by atoms with E-state index in [1.54, 1.807) is 24.2 Å². The molecule has 1 saturated carbocycles. The summed E-state index contributed by atoms with van der Waals surface area (Å²) < 4.78 is 60.9. The van der Waals surface area contributed by atoms with E-state index in [9.17, 15) is 14.0 Å². The van der Waals surface area contributed by atoms with Crippen molar-refractivity contribution in [2.24, 2.45) is 0 Å². The molecule has 5 aliphatic heterocycles. The predicted octanol–water partition coefficient (Wildman–Crippen LogP) is 4.59. The Kier molecular flexibility index (Phi) is 9.10. The number of aryl methyl sites for hydroxylation is 1. The molecule has 6 aromatic rings. The molecular formula is C43H43F3N12O4. The standard InChI is InChI=1S/C43H43F3N12O4/c1-4-61-29-19-53(3)41(60)36-16-28(62-43-47-10-9-33(50-43)30-11-24(45)13-34-38(30)54(21-29)22(2)49-34)20-56(36)39-31-17-48-58(35-8-5-23(44)12-32(35)46)40(31)52-42(51-39)57-26-14-27(57)18-55(25-6-7-25)37(59)15-26/h5,8-13,17,25-29,36H,4,6-7,14-16,18-21H2,1-3H3/t26-,27?,28-,29-,36-/m0/s1. The van der Waals surface area contributed by atoms with Crippen LogP contribution in [-0.2, 0) is 20.9 Å². The molecule has 2 amide bonds. The zero-order valence-electron chi connectivity index (χ0n) is 34.3. The van der Waals surface area contributed by atoms with Crippen molar-refractivity contribution in [1.82, 2.24) is 49.1 Å². The molecule has 0 N–H and O–H groups in total. The van der Waals surface area contributed by atoms with E-state index >= 15 is 8.78 Å². The number of nitrogens with zero attached hydrogens (tertiary/aromatic N) is 12. The van der Waals surface area contributed by atoms with Crippen LogP contribution in [0.4, 0.5) is 24.9 Å². The number of carbonyl (C=O) groups is 2. The highest BCUT2D eigenvalue weighted by Crippen LogP contribution is 2.42. The second-order valence-electron chi connectivity index (χ2n) is 16.9. The van der Waals surface area contributed by atoms with Crippen molar-refractivity contribution in [3.05, 3.63) is 72.1 Å². The van der Waals surface area contributed by atoms with Gasteiger partial charge < -0.3 is 33.6 Å². The summed E-state index contributed by atoms with van der Waals surface area (Å²) in [5, 5.41) is 4.98. The third-order valence-electron chi connectivity index (χ3n) is 12.9. The molecule has 6 bridgehead atoms. The van der Waals surface area contributed by atoms with Crippen LogP contribution >= 0.6 is 0 Å². The number of rotatable bonds is 6. The largest absolute Gasteiger partial charge is 0.458 e. The summed E-state index contributed by atoms with van der Waals surface area (Å²) in [5.41, 5.74) is 2.30. The van der Waals surface area contributed by atoms with E-state index in [0.717, 1.165) is 31.4 Å². The molecule has 1 aliphatic carbocycles. The fourth-order valence-corrected chi connectivity index (χ4v) is 9.87. The van der Waals surface area contributed by atoms with E-state index in [2.05, 4.69) is 20.0 Å². The summed E-state index contributed by atoms with van der Waals surface area (Å²) in [6.45, 7) is 5.33. The Labute approximate surface area is 353 Å². The van der Waals surface area contributed by atoms with Crippen molar-refractivity contribution < 1.29 is 32.2 Å². The lowest BCUT2D eigenvalue weighted by molar-refractivity contribution is -0.133. The number of likely N-dealkylation sites (N-methyl/N-ethyl adjacent to an activating group) is 1. The molecule has 16 nitrogen and oxygen atoms in total. The van der Waals surface area contributed by atoms with Crippen LogP contribution in [-0.4, -0.2) is 131 Å². The van der Waals surface area contributed by atoms with Gasteiger partial charge >= 0.3 is 6.01 Å². The van der Waals surface area contributed by atoms with Gasteiger partial charge in [0, 0.05) is 75.6 Å². The Balaban J connectivity index is 1.04. The zero-order chi connectivity index (χ0) is 42.6. The summed E-state index contributed by atoms with van der Waals surface area (Å²) in [5.74, 6) is -0.843. The van der Waals surface area contributed by atoms with E-state index < -0.39 is 35.7 Å². The maximum absolute atomic E-state index is 15.5. The van der Waals surface area contributed by atoms with Crippen LogP contribution in [0.3, 0.4) is 0 Å². The van der Waals surface area contributed by atoms with Gasteiger partial charge in [-0.05, 0) is 57.4 Å². The van der Waals surface area contributed by atoms with Crippen LogP contribution in [0, 0.1) is 24.4 Å². The molecule has 9 heterocycles. The van der Waals surface area contributed by atoms with Gasteiger partial charge in [0.25, 0.3) is 0 Å². The maximum Gasteiger partial charge on any atom is 0.317 e. The van der Waals surface area contributed by atoms with Crippen molar-refractivity contribution >= 4 is 45.6 Å². The normalized spacial score (nSPS) is 24.0. The number of anilines is 2. The number of hydrogen-bond donors (Lipinski definition) is 0. The van der Waals surface area contributed by atoms with Crippen molar-refractivity contribution in [2.45, 2.75) is 88.9 Å². The molecule has 4 saturated heterocycles. The number of imidazole rings is 1. The number of ether oxygens (including phenoxy) is 2. The molecule has 320 valence electrons. The van der Waals surface area contributed by atoms with Crippen molar-refractivity contribution in [3.8, 4) is 23.0 Å². The number of carbonyl (C=O) groups excluding carboxylic acids is 2. The third-order valence-corrected chi connectivity index (χ3v) is 12.9. The lowest BCUT2D eigenvalue weighted by atomic mass is 9.92. The number of halogens is 3. The van der Waals surface area contributed by atoms with Gasteiger partial charge in [0.1, 0.15) is 41.1 Å². The fraction of sp³-hybridized carbons (Fsp3) is 0.442. The Morgan fingerprint density at radius 1 is 0.887 bits per heavy atom. The van der Waals surface area contributed by atoms with Crippen LogP contribution in [0.2, 0.25) is 0 Å². The number of benzene rings is 2. The summed E-state index contributed by atoms with van der Waals surface area (Å²) in [4.78, 5) is 60.0. The highest BCUT2D eigenvalue weighted by molar-refractivity contribution is 5.94. The number of aromatic nitrogens is 8. The molecule has 62 heavy (non-hydrogen) atoms. The topological polar surface area (TPSA) is 153 Å². The van der Waals surface area contributed by atoms with Gasteiger partial charge in [-0.25, -0.2) is 27.8 Å². The smallest absolute Gasteiger partial charge is 0.317 e. The summed E-state index contributed by atoms with van der Waals surface area (Å²) in [7, 11) is 1.73. The van der Waals surface area contributed by atoms with Gasteiger partial charge in [-0.2, -0.15) is 20.1 Å². The predicted molar refractivity (Wildman–Crippen MR) is 219 cm³/mol. The van der Waals surface area contributed by atoms with E-state index in [1.807, 2.05) is 28.2 Å². The van der Waals surface area contributed by atoms with E-state index in [4.69, 9.17) is 24.4 Å². The van der Waals surface area contributed by atoms with Crippen LogP contribution in [0.15, 0.2) is 48.8 Å². The molecule has 4 aromatic heterocycles. The second kappa shape index (κ2) is 14.6.